The standard InChI is InChI=1S/C28H21BrCl2N2O4S/c29-21-8-6-19(7-9-21)17-33(38(36,37)24-13-10-22(30)11-14-24)18-27(34)32-26-15-12-23(31)16-25(26)28(35)20-4-2-1-3-5-20/h1-16H,17-18H2,(H,32,34). The van der Waals surface area contributed by atoms with Gasteiger partial charge in [0.15, 0.2) is 5.78 Å². The number of anilines is 1. The van der Waals surface area contributed by atoms with Crippen molar-refractivity contribution in [3.63, 3.8) is 0 Å². The fourth-order valence-electron chi connectivity index (χ4n) is 3.68. The fraction of sp³-hybridized carbons (Fsp3) is 0.0714. The summed E-state index contributed by atoms with van der Waals surface area (Å²) in [6.45, 7) is -0.551. The minimum Gasteiger partial charge on any atom is -0.324 e. The number of nitrogens with one attached hydrogen (secondary N) is 1. The highest BCUT2D eigenvalue weighted by Gasteiger charge is 2.27. The van der Waals surface area contributed by atoms with E-state index >= 15 is 0 Å². The molecule has 1 amide bonds. The average Bonchev–Trinajstić information content (AvgIpc) is 2.91. The Bertz CT molecular complexity index is 1560. The maximum absolute atomic E-state index is 13.5. The summed E-state index contributed by atoms with van der Waals surface area (Å²) in [5, 5.41) is 3.41. The van der Waals surface area contributed by atoms with Gasteiger partial charge in [-0.05, 0) is 60.2 Å². The molecule has 0 saturated carbocycles. The van der Waals surface area contributed by atoms with Crippen molar-refractivity contribution in [3.05, 3.63) is 128 Å². The summed E-state index contributed by atoms with van der Waals surface area (Å²) in [5.74, 6) is -0.951. The number of benzene rings is 4. The van der Waals surface area contributed by atoms with Crippen LogP contribution in [0.25, 0.3) is 0 Å². The molecule has 0 bridgehead atoms. The largest absolute Gasteiger partial charge is 0.324 e. The Morgan fingerprint density at radius 2 is 1.45 bits per heavy atom. The molecule has 0 aliphatic rings. The molecule has 4 aromatic rings. The van der Waals surface area contributed by atoms with Crippen LogP contribution in [-0.4, -0.2) is 31.0 Å². The maximum atomic E-state index is 13.5. The summed E-state index contributed by atoms with van der Waals surface area (Å²) in [4.78, 5) is 26.3. The third-order valence-electron chi connectivity index (χ3n) is 5.58. The van der Waals surface area contributed by atoms with Crippen LogP contribution < -0.4 is 5.32 Å². The van der Waals surface area contributed by atoms with Crippen LogP contribution >= 0.6 is 39.1 Å². The Kier molecular flexibility index (Phi) is 9.02. The van der Waals surface area contributed by atoms with Crippen LogP contribution in [0.2, 0.25) is 10.0 Å². The van der Waals surface area contributed by atoms with Gasteiger partial charge in [-0.1, -0.05) is 81.6 Å². The summed E-state index contributed by atoms with van der Waals surface area (Å²) < 4.78 is 29.0. The Morgan fingerprint density at radius 1 is 0.816 bits per heavy atom. The first kappa shape index (κ1) is 28.0. The van der Waals surface area contributed by atoms with Crippen molar-refractivity contribution in [2.24, 2.45) is 0 Å². The van der Waals surface area contributed by atoms with E-state index in [1.165, 1.54) is 36.4 Å². The summed E-state index contributed by atoms with van der Waals surface area (Å²) >= 11 is 15.5. The zero-order chi connectivity index (χ0) is 27.3. The van der Waals surface area contributed by atoms with Gasteiger partial charge >= 0.3 is 0 Å². The molecule has 4 rings (SSSR count). The van der Waals surface area contributed by atoms with E-state index in [2.05, 4.69) is 21.2 Å². The molecule has 1 N–H and O–H groups in total. The molecule has 0 aliphatic carbocycles. The van der Waals surface area contributed by atoms with Crippen molar-refractivity contribution < 1.29 is 18.0 Å². The minimum atomic E-state index is -4.08. The van der Waals surface area contributed by atoms with E-state index in [0.717, 1.165) is 8.78 Å². The fourth-order valence-corrected chi connectivity index (χ4v) is 5.63. The van der Waals surface area contributed by atoms with Crippen LogP contribution in [0.3, 0.4) is 0 Å². The molecule has 0 fully saturated rings. The van der Waals surface area contributed by atoms with Gasteiger partial charge in [0, 0.05) is 32.2 Å². The van der Waals surface area contributed by atoms with Crippen molar-refractivity contribution in [1.29, 1.82) is 0 Å². The number of nitrogens with zero attached hydrogens (tertiary/aromatic N) is 1. The third-order valence-corrected chi connectivity index (χ3v) is 8.40. The van der Waals surface area contributed by atoms with Crippen LogP contribution in [0.1, 0.15) is 21.5 Å². The molecule has 10 heteroatoms. The Hall–Kier alpha value is -3.01. The van der Waals surface area contributed by atoms with E-state index in [4.69, 9.17) is 23.2 Å². The number of hydrogen-bond donors (Lipinski definition) is 1. The first-order valence-electron chi connectivity index (χ1n) is 11.3. The Morgan fingerprint density at radius 3 is 2.11 bits per heavy atom. The van der Waals surface area contributed by atoms with Crippen molar-refractivity contribution >= 4 is 66.5 Å². The highest BCUT2D eigenvalue weighted by Crippen LogP contribution is 2.25. The second-order valence-electron chi connectivity index (χ2n) is 8.29. The summed E-state index contributed by atoms with van der Waals surface area (Å²) in [5.41, 5.74) is 1.52. The lowest BCUT2D eigenvalue weighted by Crippen LogP contribution is -2.37. The van der Waals surface area contributed by atoms with Crippen LogP contribution in [0.15, 0.2) is 106 Å². The van der Waals surface area contributed by atoms with Crippen LogP contribution in [0.4, 0.5) is 5.69 Å². The number of ketones is 1. The van der Waals surface area contributed by atoms with Crippen molar-refractivity contribution in [2.45, 2.75) is 11.4 Å². The molecule has 38 heavy (non-hydrogen) atoms. The van der Waals surface area contributed by atoms with Crippen molar-refractivity contribution in [1.82, 2.24) is 4.31 Å². The molecule has 0 aliphatic heterocycles. The van der Waals surface area contributed by atoms with Gasteiger partial charge in [-0.15, -0.1) is 0 Å². The minimum absolute atomic E-state index is 0.00162. The van der Waals surface area contributed by atoms with E-state index < -0.39 is 22.5 Å². The quantitative estimate of drug-likeness (QED) is 0.206. The van der Waals surface area contributed by atoms with Crippen LogP contribution in [0, 0.1) is 0 Å². The lowest BCUT2D eigenvalue weighted by molar-refractivity contribution is -0.116. The summed E-state index contributed by atoms with van der Waals surface area (Å²) in [7, 11) is -4.08. The van der Waals surface area contributed by atoms with Crippen LogP contribution in [-0.2, 0) is 21.4 Å². The number of rotatable bonds is 9. The molecular formula is C28H21BrCl2N2O4S. The molecule has 0 saturated heterocycles. The smallest absolute Gasteiger partial charge is 0.243 e. The van der Waals surface area contributed by atoms with Gasteiger partial charge in [0.25, 0.3) is 0 Å². The molecular weight excluding hydrogens is 611 g/mol. The lowest BCUT2D eigenvalue weighted by atomic mass is 10.0. The van der Waals surface area contributed by atoms with Gasteiger partial charge in [-0.25, -0.2) is 8.42 Å². The summed E-state index contributed by atoms with van der Waals surface area (Å²) in [6, 6.07) is 25.9. The summed E-state index contributed by atoms with van der Waals surface area (Å²) in [6.07, 6.45) is 0. The molecule has 0 atom stereocenters. The van der Waals surface area contributed by atoms with Crippen molar-refractivity contribution in [3.8, 4) is 0 Å². The predicted octanol–water partition coefficient (Wildman–Crippen LogP) is 6.82. The predicted molar refractivity (Wildman–Crippen MR) is 153 cm³/mol. The van der Waals surface area contributed by atoms with Crippen LogP contribution in [0.5, 0.6) is 0 Å². The molecule has 194 valence electrons. The molecule has 0 heterocycles. The zero-order valence-electron chi connectivity index (χ0n) is 19.8. The van der Waals surface area contributed by atoms with Gasteiger partial charge in [-0.3, -0.25) is 9.59 Å². The molecule has 0 aromatic heterocycles. The van der Waals surface area contributed by atoms with E-state index in [1.807, 2.05) is 0 Å². The first-order chi connectivity index (χ1) is 18.1. The van der Waals surface area contributed by atoms with Gasteiger partial charge in [-0.2, -0.15) is 4.31 Å². The monoisotopic (exact) mass is 630 g/mol. The molecule has 4 aromatic carbocycles. The number of hydrogen-bond acceptors (Lipinski definition) is 4. The second-order valence-corrected chi connectivity index (χ2v) is 12.0. The number of carbonyl (C=O) groups excluding carboxylic acids is 2. The van der Waals surface area contributed by atoms with Gasteiger partial charge in [0.05, 0.1) is 17.1 Å². The number of amides is 1. The van der Waals surface area contributed by atoms with Gasteiger partial charge < -0.3 is 5.32 Å². The number of carbonyl (C=O) groups is 2. The second kappa shape index (κ2) is 12.2. The Labute approximate surface area is 239 Å². The highest BCUT2D eigenvalue weighted by molar-refractivity contribution is 9.10. The molecule has 0 spiro atoms. The molecule has 6 nitrogen and oxygen atoms in total. The van der Waals surface area contributed by atoms with E-state index in [1.54, 1.807) is 60.7 Å². The SMILES string of the molecule is O=C(CN(Cc1ccc(Br)cc1)S(=O)(=O)c1ccc(Cl)cc1)Nc1ccc(Cl)cc1C(=O)c1ccccc1. The normalized spacial score (nSPS) is 11.4. The maximum Gasteiger partial charge on any atom is 0.243 e. The van der Waals surface area contributed by atoms with E-state index in [9.17, 15) is 18.0 Å². The van der Waals surface area contributed by atoms with E-state index in [-0.39, 0.29) is 28.5 Å². The highest BCUT2D eigenvalue weighted by atomic mass is 79.9. The lowest BCUT2D eigenvalue weighted by Gasteiger charge is -2.22. The van der Waals surface area contributed by atoms with E-state index in [0.29, 0.717) is 21.2 Å². The topological polar surface area (TPSA) is 83.6 Å². The average molecular weight is 632 g/mol. The Balaban J connectivity index is 1.63. The van der Waals surface area contributed by atoms with Gasteiger partial charge in [0.2, 0.25) is 15.9 Å². The first-order valence-corrected chi connectivity index (χ1v) is 14.3. The zero-order valence-corrected chi connectivity index (χ0v) is 23.7. The van der Waals surface area contributed by atoms with Crippen molar-refractivity contribution in [2.75, 3.05) is 11.9 Å². The number of sulfonamides is 1. The molecule has 0 unspecified atom stereocenters. The molecule has 0 radical (unpaired) electrons. The third kappa shape index (κ3) is 6.89. The number of halogens is 3. The van der Waals surface area contributed by atoms with Gasteiger partial charge in [0.1, 0.15) is 0 Å².